The van der Waals surface area contributed by atoms with Crippen molar-refractivity contribution in [2.75, 3.05) is 12.4 Å². The van der Waals surface area contributed by atoms with E-state index in [1.165, 1.54) is 0 Å². The molecule has 1 aromatic heterocycles. The van der Waals surface area contributed by atoms with Crippen LogP contribution in [-0.2, 0) is 0 Å². The van der Waals surface area contributed by atoms with Crippen molar-refractivity contribution >= 4 is 36.4 Å². The SMILES string of the molecule is Cc1ccc(C=O)c(OCCSI)n1. The van der Waals surface area contributed by atoms with Crippen LogP contribution in [0.25, 0.3) is 0 Å². The highest BCUT2D eigenvalue weighted by Gasteiger charge is 2.04. The fraction of sp³-hybridized carbons (Fsp3) is 0.333. The Bertz CT molecular complexity index is 320. The number of halogens is 1. The fourth-order valence-electron chi connectivity index (χ4n) is 0.919. The predicted octanol–water partition coefficient (Wildman–Crippen LogP) is 2.66. The van der Waals surface area contributed by atoms with Crippen molar-refractivity contribution in [2.45, 2.75) is 6.92 Å². The molecule has 0 unspecified atom stereocenters. The van der Waals surface area contributed by atoms with Crippen LogP contribution in [0, 0.1) is 6.92 Å². The van der Waals surface area contributed by atoms with Gasteiger partial charge in [0.25, 0.3) is 0 Å². The highest BCUT2D eigenvalue weighted by molar-refractivity contribution is 14.2. The summed E-state index contributed by atoms with van der Waals surface area (Å²) in [5.41, 5.74) is 1.36. The smallest absolute Gasteiger partial charge is 0.224 e. The maximum absolute atomic E-state index is 10.6. The highest BCUT2D eigenvalue weighted by atomic mass is 127. The zero-order valence-electron chi connectivity index (χ0n) is 7.70. The number of carbonyl (C=O) groups is 1. The number of aromatic nitrogens is 1. The molecule has 3 nitrogen and oxygen atoms in total. The molecule has 0 aliphatic rings. The minimum Gasteiger partial charge on any atom is -0.476 e. The van der Waals surface area contributed by atoms with E-state index in [4.69, 9.17) is 4.74 Å². The molecule has 0 spiro atoms. The zero-order chi connectivity index (χ0) is 10.4. The van der Waals surface area contributed by atoms with Gasteiger partial charge in [0.05, 0.1) is 12.2 Å². The summed E-state index contributed by atoms with van der Waals surface area (Å²) in [4.78, 5) is 14.8. The summed E-state index contributed by atoms with van der Waals surface area (Å²) < 4.78 is 5.38. The van der Waals surface area contributed by atoms with Crippen molar-refractivity contribution in [2.24, 2.45) is 0 Å². The van der Waals surface area contributed by atoms with E-state index < -0.39 is 0 Å². The zero-order valence-corrected chi connectivity index (χ0v) is 10.7. The van der Waals surface area contributed by atoms with E-state index in [-0.39, 0.29) is 0 Å². The molecule has 1 rings (SSSR count). The van der Waals surface area contributed by atoms with Gasteiger partial charge in [0.1, 0.15) is 0 Å². The first-order chi connectivity index (χ1) is 6.77. The number of aldehydes is 1. The molecule has 0 fully saturated rings. The van der Waals surface area contributed by atoms with Gasteiger partial charge in [-0.3, -0.25) is 4.79 Å². The molecule has 0 aliphatic heterocycles. The average molecular weight is 323 g/mol. The molecule has 0 atom stereocenters. The second kappa shape index (κ2) is 6.23. The van der Waals surface area contributed by atoms with Crippen LogP contribution in [-0.4, -0.2) is 23.6 Å². The first kappa shape index (κ1) is 11.8. The molecule has 0 aliphatic carbocycles. The second-order valence-electron chi connectivity index (χ2n) is 2.63. The molecule has 0 amide bonds. The van der Waals surface area contributed by atoms with E-state index in [1.54, 1.807) is 21.1 Å². The maximum atomic E-state index is 10.6. The Morgan fingerprint density at radius 2 is 2.43 bits per heavy atom. The van der Waals surface area contributed by atoms with Gasteiger partial charge in [-0.25, -0.2) is 4.98 Å². The first-order valence-electron chi connectivity index (χ1n) is 4.07. The van der Waals surface area contributed by atoms with Gasteiger partial charge >= 0.3 is 0 Å². The standard InChI is InChI=1S/C9H10INO2S/c1-7-2-3-8(6-12)9(11-7)13-4-5-14-10/h2-3,6H,4-5H2,1H3. The van der Waals surface area contributed by atoms with Crippen LogP contribution in [0.1, 0.15) is 16.1 Å². The Kier molecular flexibility index (Phi) is 5.24. The molecular formula is C9H10INO2S. The van der Waals surface area contributed by atoms with Crippen molar-refractivity contribution in [1.29, 1.82) is 0 Å². The average Bonchev–Trinajstić information content (AvgIpc) is 2.19. The molecule has 0 saturated heterocycles. The van der Waals surface area contributed by atoms with Gasteiger partial charge in [-0.15, -0.1) is 0 Å². The topological polar surface area (TPSA) is 39.2 Å². The van der Waals surface area contributed by atoms with Crippen molar-refractivity contribution in [1.82, 2.24) is 4.98 Å². The maximum Gasteiger partial charge on any atom is 0.224 e. The molecule has 0 bridgehead atoms. The normalized spacial score (nSPS) is 9.86. The fourth-order valence-corrected chi connectivity index (χ4v) is 1.60. The van der Waals surface area contributed by atoms with Crippen molar-refractivity contribution < 1.29 is 9.53 Å². The molecule has 0 saturated carbocycles. The van der Waals surface area contributed by atoms with Gasteiger partial charge in [0.15, 0.2) is 6.29 Å². The van der Waals surface area contributed by atoms with Crippen LogP contribution < -0.4 is 4.74 Å². The third-order valence-electron chi connectivity index (χ3n) is 1.56. The first-order valence-corrected chi connectivity index (χ1v) is 7.60. The highest BCUT2D eigenvalue weighted by Crippen LogP contribution is 2.15. The number of ether oxygens (including phenoxy) is 1. The van der Waals surface area contributed by atoms with Crippen molar-refractivity contribution in [3.8, 4) is 5.88 Å². The number of rotatable bonds is 5. The quantitative estimate of drug-likeness (QED) is 0.474. The lowest BCUT2D eigenvalue weighted by atomic mass is 10.2. The van der Waals surface area contributed by atoms with Crippen LogP contribution >= 0.6 is 30.1 Å². The number of pyridine rings is 1. The van der Waals surface area contributed by atoms with Crippen LogP contribution in [0.3, 0.4) is 0 Å². The van der Waals surface area contributed by atoms with Gasteiger partial charge in [-0.2, -0.15) is 0 Å². The molecule has 1 aromatic rings. The third kappa shape index (κ3) is 3.45. The lowest BCUT2D eigenvalue weighted by Crippen LogP contribution is -2.04. The van der Waals surface area contributed by atoms with Gasteiger partial charge in [-0.05, 0) is 40.3 Å². The van der Waals surface area contributed by atoms with Crippen LogP contribution in [0.5, 0.6) is 5.88 Å². The van der Waals surface area contributed by atoms with E-state index in [9.17, 15) is 4.79 Å². The molecule has 0 radical (unpaired) electrons. The second-order valence-corrected chi connectivity index (χ2v) is 5.12. The summed E-state index contributed by atoms with van der Waals surface area (Å²) in [6, 6.07) is 3.52. The largest absolute Gasteiger partial charge is 0.476 e. The Morgan fingerprint density at radius 1 is 1.64 bits per heavy atom. The summed E-state index contributed by atoms with van der Waals surface area (Å²) >= 11 is 2.20. The number of aryl methyl sites for hydroxylation is 1. The lowest BCUT2D eigenvalue weighted by molar-refractivity contribution is 0.111. The summed E-state index contributed by atoms with van der Waals surface area (Å²) in [6.07, 6.45) is 0.763. The van der Waals surface area contributed by atoms with E-state index in [0.717, 1.165) is 17.7 Å². The molecule has 5 heteroatoms. The number of carbonyl (C=O) groups excluding carboxylic acids is 1. The number of hydrogen-bond acceptors (Lipinski definition) is 4. The van der Waals surface area contributed by atoms with E-state index in [0.29, 0.717) is 18.1 Å². The Morgan fingerprint density at radius 3 is 3.07 bits per heavy atom. The summed E-state index contributed by atoms with van der Waals surface area (Å²) in [7, 11) is 1.67. The van der Waals surface area contributed by atoms with E-state index in [1.807, 2.05) is 6.92 Å². The van der Waals surface area contributed by atoms with Gasteiger partial charge in [0.2, 0.25) is 5.88 Å². The van der Waals surface area contributed by atoms with E-state index >= 15 is 0 Å². The molecule has 14 heavy (non-hydrogen) atoms. The Hall–Kier alpha value is -0.300. The summed E-state index contributed by atoms with van der Waals surface area (Å²) in [5, 5.41) is 0. The number of hydrogen-bond donors (Lipinski definition) is 0. The summed E-state index contributed by atoms with van der Waals surface area (Å²) in [5.74, 6) is 1.32. The molecular weight excluding hydrogens is 313 g/mol. The van der Waals surface area contributed by atoms with Crippen LogP contribution in [0.2, 0.25) is 0 Å². The van der Waals surface area contributed by atoms with E-state index in [2.05, 4.69) is 26.2 Å². The monoisotopic (exact) mass is 323 g/mol. The Balaban J connectivity index is 2.72. The Labute approximate surface area is 99.2 Å². The predicted molar refractivity (Wildman–Crippen MR) is 66.3 cm³/mol. The lowest BCUT2D eigenvalue weighted by Gasteiger charge is -2.06. The van der Waals surface area contributed by atoms with Gasteiger partial charge in [0, 0.05) is 11.4 Å². The minimum atomic E-state index is 0.436. The van der Waals surface area contributed by atoms with Crippen LogP contribution in [0.15, 0.2) is 12.1 Å². The minimum absolute atomic E-state index is 0.436. The molecule has 1 heterocycles. The van der Waals surface area contributed by atoms with Gasteiger partial charge < -0.3 is 4.74 Å². The number of nitrogens with zero attached hydrogens (tertiary/aromatic N) is 1. The third-order valence-corrected chi connectivity index (χ3v) is 3.20. The molecule has 76 valence electrons. The van der Waals surface area contributed by atoms with Crippen LogP contribution in [0.4, 0.5) is 0 Å². The van der Waals surface area contributed by atoms with Crippen molar-refractivity contribution in [3.63, 3.8) is 0 Å². The summed E-state index contributed by atoms with van der Waals surface area (Å²) in [6.45, 7) is 2.44. The molecule has 0 aromatic carbocycles. The van der Waals surface area contributed by atoms with Gasteiger partial charge in [-0.1, -0.05) is 8.93 Å². The van der Waals surface area contributed by atoms with Crippen molar-refractivity contribution in [3.05, 3.63) is 23.4 Å². The molecule has 0 N–H and O–H groups in total.